The smallest absolute Gasteiger partial charge is 0.416 e. The zero-order valence-electron chi connectivity index (χ0n) is 20.0. The molecule has 0 atom stereocenters. The van der Waals surface area contributed by atoms with E-state index < -0.39 is 11.7 Å². The molecule has 7 nitrogen and oxygen atoms in total. The second-order valence-electron chi connectivity index (χ2n) is 9.08. The highest BCUT2D eigenvalue weighted by atomic mass is 35.5. The van der Waals surface area contributed by atoms with Gasteiger partial charge in [0.15, 0.2) is 0 Å². The lowest BCUT2D eigenvalue weighted by Crippen LogP contribution is -2.43. The molecule has 194 valence electrons. The molecule has 11 heteroatoms. The van der Waals surface area contributed by atoms with Gasteiger partial charge in [-0.25, -0.2) is 9.78 Å². The molecule has 37 heavy (non-hydrogen) atoms. The summed E-state index contributed by atoms with van der Waals surface area (Å²) in [5.41, 5.74) is 0.314. The number of aromatic hydroxyl groups is 1. The molecule has 0 spiro atoms. The Bertz CT molecular complexity index is 1340. The van der Waals surface area contributed by atoms with Crippen molar-refractivity contribution in [2.75, 3.05) is 56.1 Å². The fourth-order valence-electron chi connectivity index (χ4n) is 4.66. The van der Waals surface area contributed by atoms with Crippen LogP contribution in [0.4, 0.5) is 29.5 Å². The average Bonchev–Trinajstić information content (AvgIpc) is 3.21. The van der Waals surface area contributed by atoms with Gasteiger partial charge < -0.3 is 20.2 Å². The summed E-state index contributed by atoms with van der Waals surface area (Å²) < 4.78 is 41.8. The molecule has 0 saturated carbocycles. The first-order chi connectivity index (χ1) is 17.6. The largest absolute Gasteiger partial charge is 0.507 e. The Morgan fingerprint density at radius 3 is 2.24 bits per heavy atom. The van der Waals surface area contributed by atoms with Crippen LogP contribution in [0.2, 0.25) is 5.02 Å². The monoisotopic (exact) mass is 531 g/mol. The molecular weight excluding hydrogens is 507 g/mol. The summed E-state index contributed by atoms with van der Waals surface area (Å²) in [5, 5.41) is 14.7. The van der Waals surface area contributed by atoms with Crippen LogP contribution in [-0.4, -0.2) is 67.3 Å². The highest BCUT2D eigenvalue weighted by Crippen LogP contribution is 2.45. The number of halogens is 4. The average molecular weight is 532 g/mol. The van der Waals surface area contributed by atoms with Crippen molar-refractivity contribution < 1.29 is 23.1 Å². The summed E-state index contributed by atoms with van der Waals surface area (Å²) in [4.78, 5) is 21.9. The second kappa shape index (κ2) is 9.75. The maximum Gasteiger partial charge on any atom is 0.416 e. The van der Waals surface area contributed by atoms with E-state index in [1.54, 1.807) is 36.2 Å². The molecule has 5 rings (SSSR count). The van der Waals surface area contributed by atoms with Crippen LogP contribution in [0.15, 0.2) is 48.7 Å². The van der Waals surface area contributed by atoms with E-state index in [1.807, 2.05) is 4.90 Å². The molecule has 2 aliphatic rings. The Labute approximate surface area is 217 Å². The summed E-state index contributed by atoms with van der Waals surface area (Å²) in [5.74, 6) is 0.330. The minimum atomic E-state index is -4.64. The number of carbonyl (C=O) groups excluding carboxylic acids is 1. The first-order valence-corrected chi connectivity index (χ1v) is 12.2. The van der Waals surface area contributed by atoms with Crippen molar-refractivity contribution in [3.05, 3.63) is 59.2 Å². The number of anilines is 2. The Balaban J connectivity index is 1.59. The van der Waals surface area contributed by atoms with Crippen molar-refractivity contribution >= 4 is 29.1 Å². The Kier molecular flexibility index (Phi) is 6.63. The number of benzene rings is 2. The summed E-state index contributed by atoms with van der Waals surface area (Å²) in [6, 6.07) is 9.54. The Morgan fingerprint density at radius 2 is 1.65 bits per heavy atom. The van der Waals surface area contributed by atoms with Crippen LogP contribution < -0.4 is 15.1 Å². The van der Waals surface area contributed by atoms with Crippen LogP contribution in [0.5, 0.6) is 5.75 Å². The maximum absolute atomic E-state index is 13.9. The van der Waals surface area contributed by atoms with Crippen molar-refractivity contribution in [1.82, 2.24) is 15.2 Å². The molecule has 3 aromatic rings. The van der Waals surface area contributed by atoms with Crippen molar-refractivity contribution in [3.8, 4) is 28.0 Å². The number of rotatable bonds is 4. The van der Waals surface area contributed by atoms with Gasteiger partial charge >= 0.3 is 12.2 Å². The summed E-state index contributed by atoms with van der Waals surface area (Å²) in [6.45, 7) is 3.98. The van der Waals surface area contributed by atoms with E-state index in [2.05, 4.69) is 10.3 Å². The summed E-state index contributed by atoms with van der Waals surface area (Å²) in [7, 11) is 1.68. The van der Waals surface area contributed by atoms with E-state index in [0.717, 1.165) is 38.3 Å². The summed E-state index contributed by atoms with van der Waals surface area (Å²) >= 11 is 6.48. The third kappa shape index (κ3) is 4.91. The first kappa shape index (κ1) is 25.2. The van der Waals surface area contributed by atoms with Gasteiger partial charge in [0.1, 0.15) is 11.6 Å². The number of hydrogen-bond donors (Lipinski definition) is 2. The molecule has 2 fully saturated rings. The lowest BCUT2D eigenvalue weighted by Gasteiger charge is -2.28. The molecule has 1 aromatic heterocycles. The maximum atomic E-state index is 13.9. The van der Waals surface area contributed by atoms with Crippen LogP contribution >= 0.6 is 11.6 Å². The second-order valence-corrected chi connectivity index (χ2v) is 9.49. The fourth-order valence-corrected chi connectivity index (χ4v) is 4.94. The standard InChI is InChI=1S/C26H25ClF3N5O2/c1-33-10-11-35(25(33)37)22-3-2-16(12-21(22)27)19-14-18(26(28,29)30)15-20(24(19)36)17-4-5-32-23(13-17)34-8-6-31-7-9-34/h2-5,12-15,31,36H,6-11H2,1H3. The molecule has 0 radical (unpaired) electrons. The van der Waals surface area contributed by atoms with Crippen molar-refractivity contribution in [2.45, 2.75) is 6.18 Å². The van der Waals surface area contributed by atoms with E-state index in [4.69, 9.17) is 11.6 Å². The van der Waals surface area contributed by atoms with Crippen LogP contribution in [0.1, 0.15) is 5.56 Å². The van der Waals surface area contributed by atoms with Crippen molar-refractivity contribution in [1.29, 1.82) is 0 Å². The first-order valence-electron chi connectivity index (χ1n) is 11.8. The number of phenolic OH excluding ortho intramolecular Hbond substituents is 1. The number of phenols is 1. The van der Waals surface area contributed by atoms with Gasteiger partial charge in [-0.15, -0.1) is 0 Å². The van der Waals surface area contributed by atoms with Crippen molar-refractivity contribution in [2.24, 2.45) is 0 Å². The number of urea groups is 1. The third-order valence-electron chi connectivity index (χ3n) is 6.70. The molecule has 0 aliphatic carbocycles. The molecule has 2 amide bonds. The zero-order chi connectivity index (χ0) is 26.3. The van der Waals surface area contributed by atoms with Crippen LogP contribution in [-0.2, 0) is 6.18 Å². The molecule has 3 heterocycles. The molecule has 0 bridgehead atoms. The normalized spacial score (nSPS) is 16.6. The van der Waals surface area contributed by atoms with Gasteiger partial charge in [-0.2, -0.15) is 13.2 Å². The highest BCUT2D eigenvalue weighted by Gasteiger charge is 2.33. The minimum absolute atomic E-state index is 0.0105. The Hall–Kier alpha value is -3.50. The molecule has 2 aliphatic heterocycles. The van der Waals surface area contributed by atoms with E-state index in [9.17, 15) is 23.1 Å². The molecule has 2 N–H and O–H groups in total. The van der Waals surface area contributed by atoms with Crippen LogP contribution in [0.3, 0.4) is 0 Å². The lowest BCUT2D eigenvalue weighted by molar-refractivity contribution is -0.137. The van der Waals surface area contributed by atoms with E-state index in [-0.39, 0.29) is 27.9 Å². The number of nitrogens with zero attached hydrogens (tertiary/aromatic N) is 4. The number of amides is 2. The summed E-state index contributed by atoms with van der Waals surface area (Å²) in [6.07, 6.45) is -3.11. The molecule has 0 unspecified atom stereocenters. The van der Waals surface area contributed by atoms with Gasteiger partial charge in [0.05, 0.1) is 16.3 Å². The van der Waals surface area contributed by atoms with Crippen LogP contribution in [0, 0.1) is 0 Å². The SMILES string of the molecule is CN1CCN(c2ccc(-c3cc(C(F)(F)F)cc(-c4ccnc(N5CCNCC5)c4)c3O)cc2Cl)C1=O. The number of alkyl halides is 3. The lowest BCUT2D eigenvalue weighted by atomic mass is 9.94. The number of carbonyl (C=O) groups is 1. The molecule has 2 aromatic carbocycles. The Morgan fingerprint density at radius 1 is 0.973 bits per heavy atom. The number of pyridine rings is 1. The number of aromatic nitrogens is 1. The van der Waals surface area contributed by atoms with Gasteiger partial charge in [-0.1, -0.05) is 17.7 Å². The number of piperazine rings is 1. The van der Waals surface area contributed by atoms with E-state index in [1.165, 1.54) is 17.2 Å². The highest BCUT2D eigenvalue weighted by molar-refractivity contribution is 6.34. The van der Waals surface area contributed by atoms with Crippen molar-refractivity contribution in [3.63, 3.8) is 0 Å². The number of hydrogen-bond acceptors (Lipinski definition) is 5. The topological polar surface area (TPSA) is 71.9 Å². The fraction of sp³-hybridized carbons (Fsp3) is 0.308. The third-order valence-corrected chi connectivity index (χ3v) is 7.00. The van der Waals surface area contributed by atoms with Gasteiger partial charge in [0, 0.05) is 63.6 Å². The minimum Gasteiger partial charge on any atom is -0.507 e. The number of likely N-dealkylation sites (N-methyl/N-ethyl adjacent to an activating group) is 1. The molecular formula is C26H25ClF3N5O2. The van der Waals surface area contributed by atoms with Gasteiger partial charge in [-0.3, -0.25) is 4.90 Å². The predicted molar refractivity (Wildman–Crippen MR) is 137 cm³/mol. The van der Waals surface area contributed by atoms with Gasteiger partial charge in [0.25, 0.3) is 0 Å². The molecule has 2 saturated heterocycles. The van der Waals surface area contributed by atoms with E-state index in [0.29, 0.717) is 35.7 Å². The predicted octanol–water partition coefficient (Wildman–Crippen LogP) is 5.07. The zero-order valence-corrected chi connectivity index (χ0v) is 20.8. The van der Waals surface area contributed by atoms with Crippen LogP contribution in [0.25, 0.3) is 22.3 Å². The van der Waals surface area contributed by atoms with Gasteiger partial charge in [0.2, 0.25) is 0 Å². The quantitative estimate of drug-likeness (QED) is 0.491. The van der Waals surface area contributed by atoms with E-state index >= 15 is 0 Å². The number of nitrogens with one attached hydrogen (secondary N) is 1. The van der Waals surface area contributed by atoms with Gasteiger partial charge in [-0.05, 0) is 47.5 Å².